The van der Waals surface area contributed by atoms with Crippen LogP contribution in [0.4, 0.5) is 0 Å². The Hall–Kier alpha value is -1.45. The predicted molar refractivity (Wildman–Crippen MR) is 106 cm³/mol. The fraction of sp³-hybridized carbons (Fsp3) is 0.476. The van der Waals surface area contributed by atoms with Gasteiger partial charge in [-0.15, -0.1) is 0 Å². The van der Waals surface area contributed by atoms with Gasteiger partial charge in [-0.2, -0.15) is 0 Å². The highest BCUT2D eigenvalue weighted by molar-refractivity contribution is 6.77. The van der Waals surface area contributed by atoms with Gasteiger partial charge in [0.2, 0.25) is 0 Å². The van der Waals surface area contributed by atoms with Gasteiger partial charge in [-0.25, -0.2) is 0 Å². The summed E-state index contributed by atoms with van der Waals surface area (Å²) in [6.07, 6.45) is 1.96. The molecule has 0 N–H and O–H groups in total. The van der Waals surface area contributed by atoms with Crippen molar-refractivity contribution in [3.63, 3.8) is 0 Å². The van der Waals surface area contributed by atoms with Crippen LogP contribution < -0.4 is 0 Å². The second kappa shape index (κ2) is 7.20. The van der Waals surface area contributed by atoms with Gasteiger partial charge in [-0.1, -0.05) is 51.2 Å². The zero-order chi connectivity index (χ0) is 17.2. The average Bonchev–Trinajstić information content (AvgIpc) is 2.57. The van der Waals surface area contributed by atoms with Crippen molar-refractivity contribution in [2.24, 2.45) is 0 Å². The molecule has 1 saturated heterocycles. The van der Waals surface area contributed by atoms with Gasteiger partial charge in [0, 0.05) is 20.8 Å². The minimum atomic E-state index is -0.890. The first-order chi connectivity index (χ1) is 11.4. The number of nitrogens with zero attached hydrogens (tertiary/aromatic N) is 2. The van der Waals surface area contributed by atoms with Crippen LogP contribution >= 0.6 is 0 Å². The van der Waals surface area contributed by atoms with Crippen molar-refractivity contribution in [1.29, 1.82) is 0 Å². The number of benzene rings is 1. The minimum absolute atomic E-state index is 0.582. The third-order valence-electron chi connectivity index (χ3n) is 5.32. The number of hydrogen-bond donors (Lipinski definition) is 0. The Kier molecular flexibility index (Phi) is 5.21. The Bertz CT molecular complexity index is 666. The van der Waals surface area contributed by atoms with E-state index < -0.39 is 8.07 Å². The summed E-state index contributed by atoms with van der Waals surface area (Å²) in [5, 5.41) is 0. The molecule has 0 unspecified atom stereocenters. The summed E-state index contributed by atoms with van der Waals surface area (Å²) >= 11 is 0. The van der Waals surface area contributed by atoms with Crippen molar-refractivity contribution in [2.45, 2.75) is 51.5 Å². The van der Waals surface area contributed by atoms with Crippen LogP contribution in [0.2, 0.25) is 25.2 Å². The maximum absolute atomic E-state index is 4.61. The van der Waals surface area contributed by atoms with E-state index in [4.69, 9.17) is 0 Å². The van der Waals surface area contributed by atoms with Crippen LogP contribution in [-0.4, -0.2) is 31.0 Å². The maximum atomic E-state index is 4.61. The molecule has 0 saturated carbocycles. The van der Waals surface area contributed by atoms with Crippen LogP contribution in [-0.2, 0) is 6.54 Å². The topological polar surface area (TPSA) is 16.1 Å². The van der Waals surface area contributed by atoms with Gasteiger partial charge in [-0.05, 0) is 59.9 Å². The van der Waals surface area contributed by atoms with Crippen molar-refractivity contribution in [3.05, 3.63) is 53.9 Å². The molecular formula is C21H30N2Si. The number of aromatic nitrogens is 1. The van der Waals surface area contributed by atoms with Gasteiger partial charge in [0.15, 0.2) is 0 Å². The lowest BCUT2D eigenvalue weighted by molar-refractivity contribution is 0.278. The Balaban J connectivity index is 1.70. The van der Waals surface area contributed by atoms with E-state index in [-0.39, 0.29) is 0 Å². The average molecular weight is 339 g/mol. The predicted octanol–water partition coefficient (Wildman–Crippen LogP) is 5.40. The highest BCUT2D eigenvalue weighted by Gasteiger charge is 2.27. The third kappa shape index (κ3) is 4.34. The van der Waals surface area contributed by atoms with E-state index in [0.29, 0.717) is 5.92 Å². The molecular weight excluding hydrogens is 308 g/mol. The van der Waals surface area contributed by atoms with Crippen molar-refractivity contribution in [2.75, 3.05) is 13.1 Å². The molecule has 0 spiro atoms. The molecule has 1 fully saturated rings. The van der Waals surface area contributed by atoms with Crippen molar-refractivity contribution >= 4 is 8.07 Å². The molecule has 3 rings (SSSR count). The summed E-state index contributed by atoms with van der Waals surface area (Å²) in [7, 11) is -0.890. The van der Waals surface area contributed by atoms with E-state index in [1.54, 1.807) is 0 Å². The van der Waals surface area contributed by atoms with Crippen LogP contribution in [0.25, 0.3) is 11.1 Å². The standard InChI is InChI=1S/C21H30N2Si/c1-17(2)18-5-7-19(8-6-18)20-9-10-22-21(15-20)16-23-11-13-24(3,4)14-12-23/h5-10,15,17H,11-14,16H2,1-4H3. The Morgan fingerprint density at radius 1 is 1.00 bits per heavy atom. The zero-order valence-corrected chi connectivity index (χ0v) is 16.5. The van der Waals surface area contributed by atoms with Gasteiger partial charge in [0.25, 0.3) is 0 Å². The molecule has 0 atom stereocenters. The smallest absolute Gasteiger partial charge is 0.0550 e. The molecule has 2 aromatic rings. The first kappa shape index (κ1) is 17.4. The SMILES string of the molecule is CC(C)c1ccc(-c2ccnc(CN3CC[Si](C)(C)CC3)c2)cc1. The quantitative estimate of drug-likeness (QED) is 0.694. The lowest BCUT2D eigenvalue weighted by Crippen LogP contribution is -2.42. The Labute approximate surface area is 147 Å². The largest absolute Gasteiger partial charge is 0.298 e. The van der Waals surface area contributed by atoms with Crippen LogP contribution in [0.1, 0.15) is 31.0 Å². The van der Waals surface area contributed by atoms with Crippen molar-refractivity contribution < 1.29 is 0 Å². The van der Waals surface area contributed by atoms with Gasteiger partial charge in [0.1, 0.15) is 0 Å². The molecule has 0 radical (unpaired) electrons. The maximum Gasteiger partial charge on any atom is 0.0550 e. The summed E-state index contributed by atoms with van der Waals surface area (Å²) in [6, 6.07) is 16.2. The van der Waals surface area contributed by atoms with E-state index in [2.05, 4.69) is 73.2 Å². The second-order valence-corrected chi connectivity index (χ2v) is 13.6. The number of pyridine rings is 1. The minimum Gasteiger partial charge on any atom is -0.298 e. The van der Waals surface area contributed by atoms with Crippen LogP contribution in [0.3, 0.4) is 0 Å². The summed E-state index contributed by atoms with van der Waals surface area (Å²) < 4.78 is 0. The Morgan fingerprint density at radius 2 is 1.67 bits per heavy atom. The molecule has 128 valence electrons. The lowest BCUT2D eigenvalue weighted by atomic mass is 9.99. The molecule has 1 aliphatic heterocycles. The lowest BCUT2D eigenvalue weighted by Gasteiger charge is -2.35. The van der Waals surface area contributed by atoms with E-state index in [1.165, 1.54) is 47.6 Å². The van der Waals surface area contributed by atoms with E-state index in [1.807, 2.05) is 6.20 Å². The first-order valence-electron chi connectivity index (χ1n) is 9.21. The fourth-order valence-electron chi connectivity index (χ4n) is 3.35. The van der Waals surface area contributed by atoms with E-state index >= 15 is 0 Å². The molecule has 3 heteroatoms. The molecule has 1 aromatic carbocycles. The van der Waals surface area contributed by atoms with Crippen molar-refractivity contribution in [3.8, 4) is 11.1 Å². The molecule has 1 aromatic heterocycles. The van der Waals surface area contributed by atoms with Gasteiger partial charge in [-0.3, -0.25) is 9.88 Å². The molecule has 1 aliphatic rings. The Morgan fingerprint density at radius 3 is 2.29 bits per heavy atom. The zero-order valence-electron chi connectivity index (χ0n) is 15.5. The molecule has 24 heavy (non-hydrogen) atoms. The molecule has 2 nitrogen and oxygen atoms in total. The second-order valence-electron chi connectivity index (χ2n) is 8.25. The van der Waals surface area contributed by atoms with Gasteiger partial charge in [0.05, 0.1) is 5.69 Å². The number of hydrogen-bond acceptors (Lipinski definition) is 2. The summed E-state index contributed by atoms with van der Waals surface area (Å²) in [5.41, 5.74) is 5.16. The van der Waals surface area contributed by atoms with Crippen LogP contribution in [0, 0.1) is 0 Å². The van der Waals surface area contributed by atoms with Gasteiger partial charge >= 0.3 is 0 Å². The van der Waals surface area contributed by atoms with Crippen molar-refractivity contribution in [1.82, 2.24) is 9.88 Å². The highest BCUT2D eigenvalue weighted by atomic mass is 28.3. The molecule has 0 amide bonds. The molecule has 2 heterocycles. The highest BCUT2D eigenvalue weighted by Crippen LogP contribution is 2.25. The number of rotatable bonds is 4. The molecule has 0 bridgehead atoms. The monoisotopic (exact) mass is 338 g/mol. The normalized spacial score (nSPS) is 18.0. The fourth-order valence-corrected chi connectivity index (χ4v) is 5.44. The summed E-state index contributed by atoms with van der Waals surface area (Å²) in [4.78, 5) is 7.19. The summed E-state index contributed by atoms with van der Waals surface area (Å²) in [6.45, 7) is 13.0. The molecule has 0 aliphatic carbocycles. The third-order valence-corrected chi connectivity index (χ3v) is 8.48. The van der Waals surface area contributed by atoms with Gasteiger partial charge < -0.3 is 0 Å². The van der Waals surface area contributed by atoms with Crippen LogP contribution in [0.5, 0.6) is 0 Å². The van der Waals surface area contributed by atoms with Crippen LogP contribution in [0.15, 0.2) is 42.6 Å². The summed E-state index contributed by atoms with van der Waals surface area (Å²) in [5.74, 6) is 0.582. The van der Waals surface area contributed by atoms with E-state index in [9.17, 15) is 0 Å². The first-order valence-corrected chi connectivity index (χ1v) is 12.6. The van der Waals surface area contributed by atoms with E-state index in [0.717, 1.165) is 6.54 Å².